The quantitative estimate of drug-likeness (QED) is 0.836. The van der Waals surface area contributed by atoms with Crippen LogP contribution in [0.2, 0.25) is 0 Å². The second-order valence-corrected chi connectivity index (χ2v) is 5.30. The summed E-state index contributed by atoms with van der Waals surface area (Å²) in [6, 6.07) is 7.19. The molecule has 1 aromatic carbocycles. The monoisotopic (exact) mass is 296 g/mol. The largest absolute Gasteiger partial charge is 0.284 e. The third-order valence-electron chi connectivity index (χ3n) is 3.07. The smallest absolute Gasteiger partial charge is 0.124 e. The molecule has 1 unspecified atom stereocenters. The van der Waals surface area contributed by atoms with Crippen LogP contribution in [0.1, 0.15) is 24.8 Å². The molecule has 1 atom stereocenters. The number of hydrogen-bond donors (Lipinski definition) is 0. The van der Waals surface area contributed by atoms with Crippen LogP contribution in [-0.4, -0.2) is 17.5 Å². The molecular weight excluding hydrogens is 283 g/mol. The van der Waals surface area contributed by atoms with Crippen LogP contribution in [0.25, 0.3) is 0 Å². The highest BCUT2D eigenvalue weighted by Crippen LogP contribution is 2.21. The normalized spacial score (nSPS) is 21.1. The maximum atomic E-state index is 13.2. The van der Waals surface area contributed by atoms with Crippen molar-refractivity contribution in [1.29, 1.82) is 5.26 Å². The lowest BCUT2D eigenvalue weighted by Gasteiger charge is -2.31. The Morgan fingerprint density at radius 3 is 2.94 bits per heavy atom. The van der Waals surface area contributed by atoms with Crippen LogP contribution in [0.15, 0.2) is 22.7 Å². The van der Waals surface area contributed by atoms with E-state index in [0.717, 1.165) is 35.8 Å². The van der Waals surface area contributed by atoms with Crippen LogP contribution in [0.4, 0.5) is 4.39 Å². The number of rotatable bonds is 2. The first kappa shape index (κ1) is 12.5. The highest BCUT2D eigenvalue weighted by atomic mass is 79.9. The molecule has 17 heavy (non-hydrogen) atoms. The Hall–Kier alpha value is -0.920. The number of hydrogen-bond acceptors (Lipinski definition) is 2. The van der Waals surface area contributed by atoms with Gasteiger partial charge in [0.2, 0.25) is 0 Å². The summed E-state index contributed by atoms with van der Waals surface area (Å²) in [5.74, 6) is -0.236. The van der Waals surface area contributed by atoms with Crippen molar-refractivity contribution in [2.24, 2.45) is 0 Å². The van der Waals surface area contributed by atoms with Crippen LogP contribution in [0.5, 0.6) is 0 Å². The van der Waals surface area contributed by atoms with Crippen LogP contribution in [0, 0.1) is 17.1 Å². The van der Waals surface area contributed by atoms with Crippen LogP contribution < -0.4 is 0 Å². The molecule has 0 N–H and O–H groups in total. The fourth-order valence-corrected chi connectivity index (χ4v) is 2.78. The molecule has 0 aliphatic carbocycles. The second kappa shape index (κ2) is 5.61. The summed E-state index contributed by atoms with van der Waals surface area (Å²) in [6.07, 6.45) is 3.16. The molecule has 1 fully saturated rings. The molecule has 0 bridgehead atoms. The minimum absolute atomic E-state index is 0.0224. The molecule has 1 saturated heterocycles. The standard InChI is InChI=1S/C13H14BrFN2/c14-11-5-10(6-12(15)7-11)9-17-4-2-1-3-13(17)8-16/h5-7,13H,1-4,9H2. The highest BCUT2D eigenvalue weighted by Gasteiger charge is 2.21. The van der Waals surface area contributed by atoms with Gasteiger partial charge in [0.15, 0.2) is 0 Å². The Morgan fingerprint density at radius 2 is 2.24 bits per heavy atom. The summed E-state index contributed by atoms with van der Waals surface area (Å²) in [5.41, 5.74) is 0.916. The average Bonchev–Trinajstić information content (AvgIpc) is 2.28. The molecule has 1 aromatic rings. The lowest BCUT2D eigenvalue weighted by molar-refractivity contribution is 0.176. The van der Waals surface area contributed by atoms with Gasteiger partial charge in [-0.25, -0.2) is 4.39 Å². The Morgan fingerprint density at radius 1 is 1.41 bits per heavy atom. The number of piperidine rings is 1. The second-order valence-electron chi connectivity index (χ2n) is 4.39. The van der Waals surface area contributed by atoms with Crippen molar-refractivity contribution in [3.8, 4) is 6.07 Å². The van der Waals surface area contributed by atoms with E-state index in [-0.39, 0.29) is 11.9 Å². The zero-order valence-electron chi connectivity index (χ0n) is 9.50. The molecule has 1 heterocycles. The van der Waals surface area contributed by atoms with Crippen molar-refractivity contribution >= 4 is 15.9 Å². The Bertz CT molecular complexity index is 421. The fraction of sp³-hybridized carbons (Fsp3) is 0.462. The van der Waals surface area contributed by atoms with Gasteiger partial charge < -0.3 is 0 Å². The van der Waals surface area contributed by atoms with E-state index in [1.165, 1.54) is 12.1 Å². The van der Waals surface area contributed by atoms with E-state index >= 15 is 0 Å². The van der Waals surface area contributed by atoms with E-state index < -0.39 is 0 Å². The third-order valence-corrected chi connectivity index (χ3v) is 3.53. The average molecular weight is 297 g/mol. The Kier molecular flexibility index (Phi) is 4.14. The molecule has 2 rings (SSSR count). The zero-order valence-corrected chi connectivity index (χ0v) is 11.1. The van der Waals surface area contributed by atoms with Gasteiger partial charge in [0, 0.05) is 11.0 Å². The first-order valence-corrected chi connectivity index (χ1v) is 6.57. The summed E-state index contributed by atoms with van der Waals surface area (Å²) in [5, 5.41) is 9.07. The SMILES string of the molecule is N#CC1CCCCN1Cc1cc(F)cc(Br)c1. The molecule has 0 aromatic heterocycles. The van der Waals surface area contributed by atoms with E-state index in [9.17, 15) is 4.39 Å². The van der Waals surface area contributed by atoms with Crippen molar-refractivity contribution in [2.75, 3.05) is 6.54 Å². The van der Waals surface area contributed by atoms with E-state index in [1.807, 2.05) is 6.07 Å². The maximum absolute atomic E-state index is 13.2. The van der Waals surface area contributed by atoms with E-state index in [0.29, 0.717) is 6.54 Å². The van der Waals surface area contributed by atoms with Crippen LogP contribution in [0.3, 0.4) is 0 Å². The minimum atomic E-state index is -0.236. The number of nitrogens with zero attached hydrogens (tertiary/aromatic N) is 2. The predicted octanol–water partition coefficient (Wildman–Crippen LogP) is 3.47. The van der Waals surface area contributed by atoms with E-state index in [4.69, 9.17) is 5.26 Å². The van der Waals surface area contributed by atoms with Gasteiger partial charge in [-0.05, 0) is 49.6 Å². The number of nitriles is 1. The molecule has 1 aliphatic heterocycles. The minimum Gasteiger partial charge on any atom is -0.284 e. The Balaban J connectivity index is 2.11. The van der Waals surface area contributed by atoms with Crippen LogP contribution in [-0.2, 0) is 6.54 Å². The first-order chi connectivity index (χ1) is 8.19. The van der Waals surface area contributed by atoms with E-state index in [2.05, 4.69) is 26.9 Å². The summed E-state index contributed by atoms with van der Waals surface area (Å²) >= 11 is 3.29. The van der Waals surface area contributed by atoms with Gasteiger partial charge in [0.25, 0.3) is 0 Å². The fourth-order valence-electron chi connectivity index (χ4n) is 2.26. The van der Waals surface area contributed by atoms with Gasteiger partial charge in [-0.2, -0.15) is 5.26 Å². The lowest BCUT2D eigenvalue weighted by atomic mass is 10.0. The van der Waals surface area contributed by atoms with Gasteiger partial charge in [-0.1, -0.05) is 15.9 Å². The van der Waals surface area contributed by atoms with Gasteiger partial charge in [-0.3, -0.25) is 4.90 Å². The summed E-state index contributed by atoms with van der Waals surface area (Å²) in [4.78, 5) is 2.13. The molecule has 4 heteroatoms. The molecule has 90 valence electrons. The van der Waals surface area contributed by atoms with Crippen molar-refractivity contribution in [1.82, 2.24) is 4.90 Å². The van der Waals surface area contributed by atoms with Gasteiger partial charge >= 0.3 is 0 Å². The van der Waals surface area contributed by atoms with Gasteiger partial charge in [0.1, 0.15) is 5.82 Å². The summed E-state index contributed by atoms with van der Waals surface area (Å²) in [6.45, 7) is 1.57. The topological polar surface area (TPSA) is 27.0 Å². The van der Waals surface area contributed by atoms with E-state index in [1.54, 1.807) is 0 Å². The number of likely N-dealkylation sites (tertiary alicyclic amines) is 1. The molecular formula is C13H14BrFN2. The molecule has 2 nitrogen and oxygen atoms in total. The summed E-state index contributed by atoms with van der Waals surface area (Å²) < 4.78 is 14.0. The van der Waals surface area contributed by atoms with Crippen molar-refractivity contribution in [2.45, 2.75) is 31.8 Å². The van der Waals surface area contributed by atoms with Gasteiger partial charge in [0.05, 0.1) is 12.1 Å². The predicted molar refractivity (Wildman–Crippen MR) is 67.8 cm³/mol. The number of benzene rings is 1. The molecule has 1 aliphatic rings. The highest BCUT2D eigenvalue weighted by molar-refractivity contribution is 9.10. The third kappa shape index (κ3) is 3.27. The van der Waals surface area contributed by atoms with Crippen LogP contribution >= 0.6 is 15.9 Å². The first-order valence-electron chi connectivity index (χ1n) is 5.77. The molecule has 0 radical (unpaired) electrons. The van der Waals surface area contributed by atoms with Crippen molar-refractivity contribution < 1.29 is 4.39 Å². The van der Waals surface area contributed by atoms with Crippen molar-refractivity contribution in [3.05, 3.63) is 34.1 Å². The molecule has 0 spiro atoms. The number of halogens is 2. The lowest BCUT2D eigenvalue weighted by Crippen LogP contribution is -2.37. The van der Waals surface area contributed by atoms with Gasteiger partial charge in [-0.15, -0.1) is 0 Å². The zero-order chi connectivity index (χ0) is 12.3. The summed E-state index contributed by atoms with van der Waals surface area (Å²) in [7, 11) is 0. The Labute approximate surface area is 109 Å². The maximum Gasteiger partial charge on any atom is 0.124 e. The van der Waals surface area contributed by atoms with Crippen molar-refractivity contribution in [3.63, 3.8) is 0 Å². The molecule has 0 amide bonds. The molecule has 0 saturated carbocycles.